The Bertz CT molecular complexity index is 1080. The summed E-state index contributed by atoms with van der Waals surface area (Å²) in [7, 11) is -4.12. The first-order chi connectivity index (χ1) is 12.3. The highest BCUT2D eigenvalue weighted by molar-refractivity contribution is 7.90. The lowest BCUT2D eigenvalue weighted by molar-refractivity contribution is 0.0722. The summed E-state index contributed by atoms with van der Waals surface area (Å²) in [5.41, 5.74) is 5.35. The summed E-state index contributed by atoms with van der Waals surface area (Å²) in [6, 6.07) is 11.6. The Morgan fingerprint density at radius 1 is 1.15 bits per heavy atom. The molecule has 2 aromatic carbocycles. The molecule has 1 aromatic heterocycles. The van der Waals surface area contributed by atoms with E-state index in [1.807, 2.05) is 0 Å². The molecule has 0 radical (unpaired) electrons. The molecule has 7 nitrogen and oxygen atoms in total. The number of hydrogen-bond acceptors (Lipinski definition) is 6. The van der Waals surface area contributed by atoms with Crippen LogP contribution in [0.25, 0.3) is 0 Å². The molecule has 0 aliphatic rings. The zero-order chi connectivity index (χ0) is 18.9. The molecule has 0 spiro atoms. The van der Waals surface area contributed by atoms with Gasteiger partial charge in [-0.3, -0.25) is 0 Å². The molecule has 2 N–H and O–H groups in total. The van der Waals surface area contributed by atoms with Gasteiger partial charge in [0.05, 0.1) is 10.5 Å². The van der Waals surface area contributed by atoms with E-state index in [4.69, 9.17) is 22.1 Å². The van der Waals surface area contributed by atoms with Crippen LogP contribution in [0.1, 0.15) is 10.4 Å². The van der Waals surface area contributed by atoms with Gasteiger partial charge in [0, 0.05) is 11.1 Å². The highest BCUT2D eigenvalue weighted by Gasteiger charge is 2.23. The van der Waals surface area contributed by atoms with Gasteiger partial charge in [0.15, 0.2) is 0 Å². The minimum atomic E-state index is -4.12. The lowest BCUT2D eigenvalue weighted by Crippen LogP contribution is -2.17. The van der Waals surface area contributed by atoms with Crippen LogP contribution in [-0.4, -0.2) is 23.6 Å². The van der Waals surface area contributed by atoms with Crippen molar-refractivity contribution >= 4 is 33.4 Å². The number of nitrogens with zero attached hydrogens (tertiary/aromatic N) is 2. The summed E-state index contributed by atoms with van der Waals surface area (Å²) in [6.07, 6.45) is 0. The van der Waals surface area contributed by atoms with Gasteiger partial charge in [0.25, 0.3) is 10.0 Å². The van der Waals surface area contributed by atoms with E-state index in [0.717, 1.165) is 12.1 Å². The lowest BCUT2D eigenvalue weighted by atomic mass is 10.2. The molecule has 3 aromatic rings. The summed E-state index contributed by atoms with van der Waals surface area (Å²) in [6.45, 7) is 0. The molecule has 0 atom stereocenters. The molecule has 26 heavy (non-hydrogen) atoms. The summed E-state index contributed by atoms with van der Waals surface area (Å²) in [5, 5.41) is 4.04. The molecule has 10 heteroatoms. The van der Waals surface area contributed by atoms with Gasteiger partial charge in [-0.1, -0.05) is 23.7 Å². The van der Waals surface area contributed by atoms with Crippen LogP contribution >= 0.6 is 11.6 Å². The van der Waals surface area contributed by atoms with Crippen LogP contribution in [0.3, 0.4) is 0 Å². The summed E-state index contributed by atoms with van der Waals surface area (Å²) in [5.74, 6) is -2.47. The SMILES string of the molecule is Nc1cc(OC(=O)c2ccccc2F)nn1S(=O)(=O)c1ccc(Cl)cc1. The number of anilines is 1. The van der Waals surface area contributed by atoms with Crippen LogP contribution in [0, 0.1) is 5.82 Å². The average Bonchev–Trinajstić information content (AvgIpc) is 2.96. The summed E-state index contributed by atoms with van der Waals surface area (Å²) in [4.78, 5) is 11.9. The van der Waals surface area contributed by atoms with Crippen molar-refractivity contribution in [3.8, 4) is 5.88 Å². The van der Waals surface area contributed by atoms with Crippen molar-refractivity contribution in [2.24, 2.45) is 0 Å². The normalized spacial score (nSPS) is 11.3. The Balaban J connectivity index is 1.91. The van der Waals surface area contributed by atoms with Gasteiger partial charge < -0.3 is 10.5 Å². The largest absolute Gasteiger partial charge is 0.402 e. The van der Waals surface area contributed by atoms with Crippen molar-refractivity contribution in [3.05, 3.63) is 71.0 Å². The van der Waals surface area contributed by atoms with Crippen LogP contribution in [0.2, 0.25) is 5.02 Å². The van der Waals surface area contributed by atoms with E-state index in [1.54, 1.807) is 0 Å². The Labute approximate surface area is 152 Å². The van der Waals surface area contributed by atoms with Gasteiger partial charge in [-0.25, -0.2) is 9.18 Å². The molecule has 3 rings (SSSR count). The van der Waals surface area contributed by atoms with Crippen molar-refractivity contribution in [3.63, 3.8) is 0 Å². The maximum atomic E-state index is 13.6. The molecule has 0 aliphatic heterocycles. The van der Waals surface area contributed by atoms with Crippen LogP contribution in [0.4, 0.5) is 10.2 Å². The lowest BCUT2D eigenvalue weighted by Gasteiger charge is -2.06. The number of benzene rings is 2. The second kappa shape index (κ2) is 6.77. The number of nitrogen functional groups attached to an aromatic ring is 1. The minimum absolute atomic E-state index is 0.108. The van der Waals surface area contributed by atoms with E-state index >= 15 is 0 Å². The summed E-state index contributed by atoms with van der Waals surface area (Å²) >= 11 is 5.74. The number of aromatic nitrogens is 2. The van der Waals surface area contributed by atoms with Crippen molar-refractivity contribution in [1.29, 1.82) is 0 Å². The molecule has 0 saturated carbocycles. The second-order valence-electron chi connectivity index (χ2n) is 5.08. The fourth-order valence-electron chi connectivity index (χ4n) is 2.08. The van der Waals surface area contributed by atoms with Crippen molar-refractivity contribution < 1.29 is 22.3 Å². The number of ether oxygens (including phenoxy) is 1. The van der Waals surface area contributed by atoms with Gasteiger partial charge in [0.1, 0.15) is 11.6 Å². The van der Waals surface area contributed by atoms with Crippen molar-refractivity contribution in [2.45, 2.75) is 4.90 Å². The third-order valence-corrected chi connectivity index (χ3v) is 5.18. The molecule has 0 aliphatic carbocycles. The number of esters is 1. The fourth-order valence-corrected chi connectivity index (χ4v) is 3.41. The third-order valence-electron chi connectivity index (χ3n) is 3.31. The molecule has 0 unspecified atom stereocenters. The first-order valence-corrected chi connectivity index (χ1v) is 8.94. The monoisotopic (exact) mass is 395 g/mol. The number of halogens is 2. The number of carbonyl (C=O) groups excluding carboxylic acids is 1. The van der Waals surface area contributed by atoms with Crippen LogP contribution in [0.15, 0.2) is 59.5 Å². The van der Waals surface area contributed by atoms with E-state index in [2.05, 4.69) is 5.10 Å². The van der Waals surface area contributed by atoms with Gasteiger partial charge in [-0.05, 0) is 36.4 Å². The standard InChI is InChI=1S/C16H11ClFN3O4S/c17-10-5-7-11(8-6-10)26(23,24)21-14(19)9-15(20-21)25-16(22)12-3-1-2-4-13(12)18/h1-9H,19H2. The molecule has 0 fully saturated rings. The molecule has 0 amide bonds. The smallest absolute Gasteiger partial charge is 0.347 e. The first-order valence-electron chi connectivity index (χ1n) is 7.12. The molecule has 1 heterocycles. The number of hydrogen-bond donors (Lipinski definition) is 1. The Morgan fingerprint density at radius 3 is 2.46 bits per heavy atom. The molecule has 0 bridgehead atoms. The first kappa shape index (κ1) is 17.9. The van der Waals surface area contributed by atoms with Crippen LogP contribution < -0.4 is 10.5 Å². The second-order valence-corrected chi connectivity index (χ2v) is 7.28. The highest BCUT2D eigenvalue weighted by atomic mass is 35.5. The van der Waals surface area contributed by atoms with Crippen LogP contribution in [0.5, 0.6) is 5.88 Å². The zero-order valence-electron chi connectivity index (χ0n) is 13.0. The van der Waals surface area contributed by atoms with Gasteiger partial charge >= 0.3 is 5.97 Å². The van der Waals surface area contributed by atoms with E-state index in [9.17, 15) is 17.6 Å². The maximum absolute atomic E-state index is 13.6. The van der Waals surface area contributed by atoms with E-state index in [0.29, 0.717) is 9.11 Å². The van der Waals surface area contributed by atoms with Gasteiger partial charge in [0.2, 0.25) is 5.88 Å². The zero-order valence-corrected chi connectivity index (χ0v) is 14.5. The molecule has 134 valence electrons. The third kappa shape index (κ3) is 3.39. The predicted molar refractivity (Wildman–Crippen MR) is 92.0 cm³/mol. The maximum Gasteiger partial charge on any atom is 0.347 e. The van der Waals surface area contributed by atoms with Crippen molar-refractivity contribution in [1.82, 2.24) is 9.19 Å². The van der Waals surface area contributed by atoms with Gasteiger partial charge in [-0.15, -0.1) is 9.19 Å². The predicted octanol–water partition coefficient (Wildman–Crippen LogP) is 2.71. The molecular weight excluding hydrogens is 385 g/mol. The topological polar surface area (TPSA) is 104 Å². The number of nitrogens with two attached hydrogens (primary N) is 1. The fraction of sp³-hybridized carbons (Fsp3) is 0. The number of carbonyl (C=O) groups is 1. The summed E-state index contributed by atoms with van der Waals surface area (Å²) < 4.78 is 44.2. The average molecular weight is 396 g/mol. The van der Waals surface area contributed by atoms with Crippen LogP contribution in [-0.2, 0) is 10.0 Å². The van der Waals surface area contributed by atoms with E-state index < -0.39 is 21.8 Å². The highest BCUT2D eigenvalue weighted by Crippen LogP contribution is 2.23. The number of rotatable bonds is 4. The minimum Gasteiger partial charge on any atom is -0.402 e. The molecular formula is C16H11ClFN3O4S. The Hall–Kier alpha value is -2.91. The Morgan fingerprint density at radius 2 is 1.81 bits per heavy atom. The quantitative estimate of drug-likeness (QED) is 0.681. The van der Waals surface area contributed by atoms with Crippen molar-refractivity contribution in [2.75, 3.05) is 5.73 Å². The van der Waals surface area contributed by atoms with E-state index in [-0.39, 0.29) is 22.2 Å². The Kier molecular flexibility index (Phi) is 4.66. The molecule has 0 saturated heterocycles. The van der Waals surface area contributed by atoms with E-state index in [1.165, 1.54) is 42.5 Å². The van der Waals surface area contributed by atoms with Gasteiger partial charge in [-0.2, -0.15) is 8.42 Å².